The Morgan fingerprint density at radius 1 is 1.08 bits per heavy atom. The van der Waals surface area contributed by atoms with Gasteiger partial charge in [-0.25, -0.2) is 4.79 Å². The van der Waals surface area contributed by atoms with Crippen LogP contribution in [0.25, 0.3) is 22.4 Å². The lowest BCUT2D eigenvalue weighted by molar-refractivity contribution is 0.0698. The molecule has 2 aromatic carbocycles. The van der Waals surface area contributed by atoms with E-state index >= 15 is 0 Å². The third kappa shape index (κ3) is 3.17. The summed E-state index contributed by atoms with van der Waals surface area (Å²) in [5.41, 5.74) is 4.32. The normalized spacial score (nSPS) is 10.9. The van der Waals surface area contributed by atoms with Crippen molar-refractivity contribution in [2.24, 2.45) is 7.05 Å². The molecule has 3 rings (SSSR count). The van der Waals surface area contributed by atoms with Crippen LogP contribution in [0.3, 0.4) is 0 Å². The fourth-order valence-corrected chi connectivity index (χ4v) is 3.41. The number of carboxylic acid groups (broad SMARTS) is 1. The third-order valence-electron chi connectivity index (χ3n) is 4.28. The number of carbonyl (C=O) groups is 1. The zero-order chi connectivity index (χ0) is 18.1. The van der Waals surface area contributed by atoms with Gasteiger partial charge in [0.15, 0.2) is 0 Å². The third-order valence-corrected chi connectivity index (χ3v) is 4.97. The molecule has 0 radical (unpaired) electrons. The van der Waals surface area contributed by atoms with Gasteiger partial charge in [-0.05, 0) is 35.2 Å². The zero-order valence-electron chi connectivity index (χ0n) is 13.9. The Morgan fingerprint density at radius 3 is 2.36 bits per heavy atom. The van der Waals surface area contributed by atoms with Crippen LogP contribution in [0.4, 0.5) is 0 Å². The zero-order valence-corrected chi connectivity index (χ0v) is 15.4. The van der Waals surface area contributed by atoms with Gasteiger partial charge in [-0.1, -0.05) is 66.5 Å². The van der Waals surface area contributed by atoms with Gasteiger partial charge in [0.2, 0.25) is 0 Å². The fourth-order valence-electron chi connectivity index (χ4n) is 3.02. The first-order chi connectivity index (χ1) is 11.9. The predicted octanol–water partition coefficient (Wildman–Crippen LogP) is 5.93. The summed E-state index contributed by atoms with van der Waals surface area (Å²) in [6.07, 6.45) is 0.868. The number of benzene rings is 2. The van der Waals surface area contributed by atoms with Gasteiger partial charge in [0.1, 0.15) is 10.7 Å². The van der Waals surface area contributed by atoms with Gasteiger partial charge >= 0.3 is 5.97 Å². The maximum absolute atomic E-state index is 11.9. The molecule has 0 atom stereocenters. The predicted molar refractivity (Wildman–Crippen MR) is 103 cm³/mol. The summed E-state index contributed by atoms with van der Waals surface area (Å²) in [6.45, 7) is 2.06. The van der Waals surface area contributed by atoms with Gasteiger partial charge in [-0.2, -0.15) is 0 Å². The van der Waals surface area contributed by atoms with E-state index in [0.29, 0.717) is 10.6 Å². The maximum atomic E-state index is 11.9. The molecule has 5 heteroatoms. The number of hydrogen-bond acceptors (Lipinski definition) is 1. The average Bonchev–Trinajstić information content (AvgIpc) is 2.87. The Labute approximate surface area is 156 Å². The minimum atomic E-state index is -1.04. The molecule has 128 valence electrons. The van der Waals surface area contributed by atoms with E-state index in [1.165, 1.54) is 0 Å². The highest BCUT2D eigenvalue weighted by Gasteiger charge is 2.26. The van der Waals surface area contributed by atoms with Crippen LogP contribution in [0.15, 0.2) is 48.5 Å². The molecule has 0 saturated heterocycles. The van der Waals surface area contributed by atoms with Gasteiger partial charge in [0.05, 0.1) is 5.69 Å². The van der Waals surface area contributed by atoms with Crippen molar-refractivity contribution in [1.82, 2.24) is 4.57 Å². The minimum absolute atomic E-state index is 0.113. The van der Waals surface area contributed by atoms with Crippen LogP contribution in [-0.2, 0) is 13.5 Å². The Hall–Kier alpha value is -2.23. The molecule has 3 aromatic rings. The second-order valence-corrected chi connectivity index (χ2v) is 6.61. The number of aryl methyl sites for hydroxylation is 1. The Bertz CT molecular complexity index is 943. The van der Waals surface area contributed by atoms with E-state index in [9.17, 15) is 9.90 Å². The number of carboxylic acids is 1. The Morgan fingerprint density at radius 2 is 1.76 bits per heavy atom. The van der Waals surface area contributed by atoms with E-state index in [4.69, 9.17) is 23.2 Å². The molecule has 1 aromatic heterocycles. The minimum Gasteiger partial charge on any atom is -0.478 e. The molecule has 1 N–H and O–H groups in total. The van der Waals surface area contributed by atoms with Gasteiger partial charge < -0.3 is 9.67 Å². The summed E-state index contributed by atoms with van der Waals surface area (Å²) in [4.78, 5) is 11.9. The maximum Gasteiger partial charge on any atom is 0.339 e. The number of halogens is 2. The lowest BCUT2D eigenvalue weighted by atomic mass is 9.96. The van der Waals surface area contributed by atoms with E-state index in [2.05, 4.69) is 6.92 Å². The molecule has 0 amide bonds. The van der Waals surface area contributed by atoms with Crippen LogP contribution in [0.5, 0.6) is 0 Å². The number of aromatic nitrogens is 1. The van der Waals surface area contributed by atoms with Crippen molar-refractivity contribution < 1.29 is 9.90 Å². The van der Waals surface area contributed by atoms with Crippen LogP contribution in [-0.4, -0.2) is 15.6 Å². The number of rotatable bonds is 4. The summed E-state index contributed by atoms with van der Waals surface area (Å²) < 4.78 is 1.71. The topological polar surface area (TPSA) is 42.2 Å². The molecule has 0 aliphatic heterocycles. The van der Waals surface area contributed by atoms with Crippen molar-refractivity contribution in [3.05, 3.63) is 69.8 Å². The molecule has 0 saturated carbocycles. The van der Waals surface area contributed by atoms with Crippen molar-refractivity contribution in [3.63, 3.8) is 0 Å². The lowest BCUT2D eigenvalue weighted by Crippen LogP contribution is -1.98. The molecular weight excluding hydrogens is 357 g/mol. The summed E-state index contributed by atoms with van der Waals surface area (Å²) >= 11 is 12.4. The highest BCUT2D eigenvalue weighted by Crippen LogP contribution is 2.41. The summed E-state index contributed by atoms with van der Waals surface area (Å²) in [7, 11) is 1.77. The van der Waals surface area contributed by atoms with Gasteiger partial charge in [0.25, 0.3) is 0 Å². The van der Waals surface area contributed by atoms with Crippen molar-refractivity contribution in [2.45, 2.75) is 13.3 Å². The van der Waals surface area contributed by atoms with E-state index in [1.807, 2.05) is 36.4 Å². The molecule has 0 unspecified atom stereocenters. The van der Waals surface area contributed by atoms with Crippen LogP contribution >= 0.6 is 23.2 Å². The largest absolute Gasteiger partial charge is 0.478 e. The van der Waals surface area contributed by atoms with Crippen LogP contribution in [0.2, 0.25) is 10.2 Å². The molecule has 25 heavy (non-hydrogen) atoms. The first kappa shape index (κ1) is 17.6. The lowest BCUT2D eigenvalue weighted by Gasteiger charge is -2.10. The van der Waals surface area contributed by atoms with E-state index in [1.54, 1.807) is 23.7 Å². The van der Waals surface area contributed by atoms with Gasteiger partial charge in [-0.3, -0.25) is 0 Å². The average molecular weight is 374 g/mol. The fraction of sp³-hybridized carbons (Fsp3) is 0.150. The SMILES string of the molecule is CCc1cccc(-c2c(C(=O)O)c(Cl)n(C)c2-c2ccc(Cl)cc2)c1. The Balaban J connectivity index is 2.36. The van der Waals surface area contributed by atoms with E-state index in [-0.39, 0.29) is 10.7 Å². The number of aromatic carboxylic acids is 1. The van der Waals surface area contributed by atoms with Crippen molar-refractivity contribution in [3.8, 4) is 22.4 Å². The van der Waals surface area contributed by atoms with Crippen molar-refractivity contribution >= 4 is 29.2 Å². The number of nitrogens with zero attached hydrogens (tertiary/aromatic N) is 1. The monoisotopic (exact) mass is 373 g/mol. The first-order valence-electron chi connectivity index (χ1n) is 7.90. The van der Waals surface area contributed by atoms with Gasteiger partial charge in [-0.15, -0.1) is 0 Å². The van der Waals surface area contributed by atoms with E-state index < -0.39 is 5.97 Å². The smallest absolute Gasteiger partial charge is 0.339 e. The van der Waals surface area contributed by atoms with Gasteiger partial charge in [0, 0.05) is 17.6 Å². The van der Waals surface area contributed by atoms with E-state index in [0.717, 1.165) is 28.8 Å². The summed E-state index contributed by atoms with van der Waals surface area (Å²) in [5.74, 6) is -1.04. The molecule has 0 aliphatic carbocycles. The summed E-state index contributed by atoms with van der Waals surface area (Å²) in [6, 6.07) is 15.2. The van der Waals surface area contributed by atoms with Crippen LogP contribution < -0.4 is 0 Å². The molecule has 0 fully saturated rings. The molecule has 1 heterocycles. The summed E-state index contributed by atoms with van der Waals surface area (Å²) in [5, 5.41) is 10.6. The van der Waals surface area contributed by atoms with Crippen LogP contribution in [0, 0.1) is 0 Å². The van der Waals surface area contributed by atoms with Crippen molar-refractivity contribution in [1.29, 1.82) is 0 Å². The molecular formula is C20H17Cl2NO2. The second kappa shape index (κ2) is 6.95. The first-order valence-corrected chi connectivity index (χ1v) is 8.66. The molecule has 0 spiro atoms. The van der Waals surface area contributed by atoms with Crippen molar-refractivity contribution in [2.75, 3.05) is 0 Å². The molecule has 0 aliphatic rings. The standard InChI is InChI=1S/C20H17Cl2NO2/c1-3-12-5-4-6-14(11-12)16-17(20(24)25)19(22)23(2)18(16)13-7-9-15(21)10-8-13/h4-11H,3H2,1-2H3,(H,24,25). The quantitative estimate of drug-likeness (QED) is 0.615. The highest BCUT2D eigenvalue weighted by molar-refractivity contribution is 6.34. The van der Waals surface area contributed by atoms with Crippen LogP contribution in [0.1, 0.15) is 22.8 Å². The molecule has 3 nitrogen and oxygen atoms in total. The second-order valence-electron chi connectivity index (χ2n) is 5.81. The highest BCUT2D eigenvalue weighted by atomic mass is 35.5. The molecule has 0 bridgehead atoms. The Kier molecular flexibility index (Phi) is 4.89. The number of hydrogen-bond donors (Lipinski definition) is 1.